The van der Waals surface area contributed by atoms with E-state index in [1.807, 2.05) is 54.7 Å². The predicted molar refractivity (Wildman–Crippen MR) is 134 cm³/mol. The van der Waals surface area contributed by atoms with E-state index in [1.54, 1.807) is 4.90 Å². The van der Waals surface area contributed by atoms with E-state index in [-0.39, 0.29) is 11.7 Å². The van der Waals surface area contributed by atoms with Crippen molar-refractivity contribution in [3.05, 3.63) is 105 Å². The number of rotatable bonds is 2. The van der Waals surface area contributed by atoms with E-state index in [0.717, 1.165) is 64.8 Å². The summed E-state index contributed by atoms with van der Waals surface area (Å²) in [7, 11) is 0. The molecular weight excluding hydrogens is 464 g/mol. The van der Waals surface area contributed by atoms with Gasteiger partial charge in [-0.15, -0.1) is 11.3 Å². The Bertz CT molecular complexity index is 1420. The van der Waals surface area contributed by atoms with Crippen molar-refractivity contribution >= 4 is 23.1 Å². The van der Waals surface area contributed by atoms with Gasteiger partial charge < -0.3 is 14.8 Å². The zero-order chi connectivity index (χ0) is 24.1. The van der Waals surface area contributed by atoms with E-state index >= 15 is 0 Å². The van der Waals surface area contributed by atoms with Gasteiger partial charge in [-0.05, 0) is 68.0 Å². The van der Waals surface area contributed by atoms with E-state index < -0.39 is 17.7 Å². The van der Waals surface area contributed by atoms with Gasteiger partial charge in [0.25, 0.3) is 0 Å². The summed E-state index contributed by atoms with van der Waals surface area (Å²) in [5.74, 6) is -1.27. The number of fused-ring (bicyclic) bond motifs is 5. The minimum absolute atomic E-state index is 0.162. The Labute approximate surface area is 206 Å². The molecule has 0 saturated carbocycles. The van der Waals surface area contributed by atoms with Gasteiger partial charge in [0, 0.05) is 22.7 Å². The SMILES string of the molecule is Cc1ccc(C2c3cccn3-c3sc4c(c3CN2C(=O)Nc2cc(F)ccc2F)CCCC4)cc1. The van der Waals surface area contributed by atoms with Crippen molar-refractivity contribution in [2.75, 3.05) is 5.32 Å². The van der Waals surface area contributed by atoms with Crippen molar-refractivity contribution < 1.29 is 13.6 Å². The van der Waals surface area contributed by atoms with Crippen LogP contribution < -0.4 is 5.32 Å². The Morgan fingerprint density at radius 2 is 1.83 bits per heavy atom. The number of aromatic nitrogens is 1. The normalized spacial score (nSPS) is 16.8. The van der Waals surface area contributed by atoms with Gasteiger partial charge in [-0.3, -0.25) is 0 Å². The number of carbonyl (C=O) groups excluding carboxylic acids is 1. The van der Waals surface area contributed by atoms with Crippen LogP contribution in [0.1, 0.15) is 51.7 Å². The summed E-state index contributed by atoms with van der Waals surface area (Å²) in [6, 6.07) is 14.4. The van der Waals surface area contributed by atoms with E-state index in [4.69, 9.17) is 0 Å². The predicted octanol–water partition coefficient (Wildman–Crippen LogP) is 7.14. The van der Waals surface area contributed by atoms with Crippen molar-refractivity contribution in [1.29, 1.82) is 0 Å². The maximum absolute atomic E-state index is 14.4. The first kappa shape index (κ1) is 22.0. The molecule has 2 aromatic heterocycles. The molecule has 7 heteroatoms. The number of hydrogen-bond donors (Lipinski definition) is 1. The number of anilines is 1. The molecule has 0 saturated heterocycles. The van der Waals surface area contributed by atoms with Gasteiger partial charge in [0.15, 0.2) is 0 Å². The molecule has 178 valence electrons. The molecule has 1 aliphatic carbocycles. The largest absolute Gasteiger partial charge is 0.323 e. The molecular formula is C28H25F2N3OS. The molecule has 0 bridgehead atoms. The Kier molecular flexibility index (Phi) is 5.44. The molecule has 2 aliphatic rings. The van der Waals surface area contributed by atoms with Gasteiger partial charge in [-0.25, -0.2) is 13.6 Å². The number of aryl methyl sites for hydroxylation is 2. The quantitative estimate of drug-likeness (QED) is 0.319. The fourth-order valence-corrected chi connectivity index (χ4v) is 6.67. The molecule has 6 rings (SSSR count). The van der Waals surface area contributed by atoms with Crippen LogP contribution in [0.15, 0.2) is 60.8 Å². The van der Waals surface area contributed by atoms with Crippen LogP contribution in [0.2, 0.25) is 0 Å². The Balaban J connectivity index is 1.50. The highest BCUT2D eigenvalue weighted by atomic mass is 32.1. The van der Waals surface area contributed by atoms with Gasteiger partial charge in [0.05, 0.1) is 24.0 Å². The molecule has 4 aromatic rings. The first-order valence-corrected chi connectivity index (χ1v) is 12.7. The zero-order valence-corrected chi connectivity index (χ0v) is 20.2. The third-order valence-electron chi connectivity index (χ3n) is 7.00. The maximum atomic E-state index is 14.4. The lowest BCUT2D eigenvalue weighted by Gasteiger charge is -2.31. The molecule has 35 heavy (non-hydrogen) atoms. The smallest absolute Gasteiger partial charge is 0.310 e. The van der Waals surface area contributed by atoms with Crippen molar-refractivity contribution in [2.24, 2.45) is 0 Å². The molecule has 2 amide bonds. The summed E-state index contributed by atoms with van der Waals surface area (Å²) in [5.41, 5.74) is 5.41. The number of nitrogens with one attached hydrogen (secondary N) is 1. The van der Waals surface area contributed by atoms with Gasteiger partial charge in [0.1, 0.15) is 16.6 Å². The van der Waals surface area contributed by atoms with E-state index in [1.165, 1.54) is 16.9 Å². The fourth-order valence-electron chi connectivity index (χ4n) is 5.27. The van der Waals surface area contributed by atoms with Crippen LogP contribution in [0.4, 0.5) is 19.3 Å². The van der Waals surface area contributed by atoms with Crippen LogP contribution in [0.25, 0.3) is 5.00 Å². The second kappa shape index (κ2) is 8.64. The van der Waals surface area contributed by atoms with Crippen LogP contribution in [-0.4, -0.2) is 15.5 Å². The molecule has 1 atom stereocenters. The third-order valence-corrected chi connectivity index (χ3v) is 8.34. The van der Waals surface area contributed by atoms with Gasteiger partial charge in [-0.1, -0.05) is 29.8 Å². The average Bonchev–Trinajstić information content (AvgIpc) is 3.44. The van der Waals surface area contributed by atoms with Crippen LogP contribution in [-0.2, 0) is 19.4 Å². The number of thiophene rings is 1. The monoisotopic (exact) mass is 489 g/mol. The number of hydrogen-bond acceptors (Lipinski definition) is 2. The summed E-state index contributed by atoms with van der Waals surface area (Å²) in [5, 5.41) is 3.81. The van der Waals surface area contributed by atoms with Crippen LogP contribution in [0, 0.1) is 18.6 Å². The molecule has 3 heterocycles. The second-order valence-electron chi connectivity index (χ2n) is 9.29. The average molecular weight is 490 g/mol. The first-order valence-electron chi connectivity index (χ1n) is 11.9. The summed E-state index contributed by atoms with van der Waals surface area (Å²) in [6.45, 7) is 2.42. The molecule has 1 aliphatic heterocycles. The topological polar surface area (TPSA) is 37.3 Å². The highest BCUT2D eigenvalue weighted by molar-refractivity contribution is 7.15. The summed E-state index contributed by atoms with van der Waals surface area (Å²) < 4.78 is 30.5. The van der Waals surface area contributed by atoms with Gasteiger partial charge in [-0.2, -0.15) is 0 Å². The fraction of sp³-hybridized carbons (Fsp3) is 0.250. The molecule has 0 spiro atoms. The number of nitrogens with zero attached hydrogens (tertiary/aromatic N) is 2. The highest BCUT2D eigenvalue weighted by Gasteiger charge is 2.36. The Morgan fingerprint density at radius 1 is 1.03 bits per heavy atom. The Hall–Kier alpha value is -3.45. The van der Waals surface area contributed by atoms with Crippen molar-refractivity contribution in [3.63, 3.8) is 0 Å². The second-order valence-corrected chi connectivity index (χ2v) is 10.4. The number of halogens is 2. The summed E-state index contributed by atoms with van der Waals surface area (Å²) in [4.78, 5) is 16.9. The molecule has 0 fully saturated rings. The maximum Gasteiger partial charge on any atom is 0.323 e. The highest BCUT2D eigenvalue weighted by Crippen LogP contribution is 2.44. The van der Waals surface area contributed by atoms with Crippen molar-refractivity contribution in [2.45, 2.75) is 45.2 Å². The minimum Gasteiger partial charge on any atom is -0.310 e. The van der Waals surface area contributed by atoms with Crippen LogP contribution >= 0.6 is 11.3 Å². The van der Waals surface area contributed by atoms with E-state index in [9.17, 15) is 13.6 Å². The van der Waals surface area contributed by atoms with Gasteiger partial charge >= 0.3 is 6.03 Å². The number of urea groups is 1. The first-order chi connectivity index (χ1) is 17.0. The van der Waals surface area contributed by atoms with E-state index in [2.05, 4.69) is 16.1 Å². The van der Waals surface area contributed by atoms with Crippen LogP contribution in [0.3, 0.4) is 0 Å². The molecule has 0 radical (unpaired) electrons. The van der Waals surface area contributed by atoms with Crippen molar-refractivity contribution in [1.82, 2.24) is 9.47 Å². The number of carbonyl (C=O) groups is 1. The molecule has 4 nitrogen and oxygen atoms in total. The van der Waals surface area contributed by atoms with Crippen LogP contribution in [0.5, 0.6) is 0 Å². The lowest BCUT2D eigenvalue weighted by molar-refractivity contribution is 0.194. The minimum atomic E-state index is -0.668. The Morgan fingerprint density at radius 3 is 2.66 bits per heavy atom. The summed E-state index contributed by atoms with van der Waals surface area (Å²) >= 11 is 1.82. The van der Waals surface area contributed by atoms with E-state index in [0.29, 0.717) is 6.54 Å². The molecule has 1 unspecified atom stereocenters. The molecule has 2 aromatic carbocycles. The standard InChI is InChI=1S/C28H25F2N3OS/c1-17-8-10-18(11-9-17)26-24-6-4-14-32(24)27-21(20-5-2-3-7-25(20)35-27)16-33(26)28(34)31-23-15-19(29)12-13-22(23)30/h4,6,8-15,26H,2-3,5,7,16H2,1H3,(H,31,34). The van der Waals surface area contributed by atoms with Crippen molar-refractivity contribution in [3.8, 4) is 5.00 Å². The molecule has 1 N–H and O–H groups in total. The lowest BCUT2D eigenvalue weighted by Crippen LogP contribution is -2.38. The zero-order valence-electron chi connectivity index (χ0n) is 19.4. The summed E-state index contributed by atoms with van der Waals surface area (Å²) in [6.07, 6.45) is 6.44. The number of benzene rings is 2. The third kappa shape index (κ3) is 3.84. The van der Waals surface area contributed by atoms with Gasteiger partial charge in [0.2, 0.25) is 0 Å². The lowest BCUT2D eigenvalue weighted by atomic mass is 9.95. The number of amides is 2.